The highest BCUT2D eigenvalue weighted by atomic mass is 16.3. The minimum Gasteiger partial charge on any atom is -0.472 e. The van der Waals surface area contributed by atoms with Gasteiger partial charge in [0.15, 0.2) is 5.58 Å². The zero-order chi connectivity index (χ0) is 25.8. The molecular weight excluding hydrogens is 482 g/mol. The van der Waals surface area contributed by atoms with Crippen LogP contribution in [0.4, 0.5) is 0 Å². The van der Waals surface area contributed by atoms with Gasteiger partial charge in [0.2, 0.25) is 5.89 Å². The molecule has 8 rings (SSSR count). The van der Waals surface area contributed by atoms with Crippen molar-refractivity contribution >= 4 is 32.9 Å². The number of aromatic nitrogens is 3. The molecule has 4 heterocycles. The van der Waals surface area contributed by atoms with E-state index in [2.05, 4.69) is 70.2 Å². The second-order valence-corrected chi connectivity index (χ2v) is 9.56. The Morgan fingerprint density at radius 3 is 2.23 bits per heavy atom. The summed E-state index contributed by atoms with van der Waals surface area (Å²) in [7, 11) is 0. The second kappa shape index (κ2) is 8.57. The van der Waals surface area contributed by atoms with Crippen LogP contribution in [0, 0.1) is 0 Å². The lowest BCUT2D eigenvalue weighted by Crippen LogP contribution is -1.95. The highest BCUT2D eigenvalue weighted by Crippen LogP contribution is 2.38. The fourth-order valence-electron chi connectivity index (χ4n) is 5.37. The molecule has 0 radical (unpaired) electrons. The van der Waals surface area contributed by atoms with Gasteiger partial charge in [-0.05, 0) is 66.2 Å². The summed E-state index contributed by atoms with van der Waals surface area (Å²) in [5.41, 5.74) is 9.93. The van der Waals surface area contributed by atoms with Crippen molar-refractivity contribution in [1.29, 1.82) is 0 Å². The van der Waals surface area contributed by atoms with Crippen molar-refractivity contribution in [2.75, 3.05) is 0 Å². The van der Waals surface area contributed by atoms with Crippen molar-refractivity contribution in [2.24, 2.45) is 0 Å². The van der Waals surface area contributed by atoms with Crippen LogP contribution in [0.3, 0.4) is 0 Å². The lowest BCUT2D eigenvalue weighted by atomic mass is 10.1. The van der Waals surface area contributed by atoms with Crippen LogP contribution in [0.2, 0.25) is 0 Å². The SMILES string of the molecule is c1ccc(-c2cccc(-n3c4cc(-c5ccoc5)ccc4c4ccc(-c5nc6ccccc6o5)cc43)c2)nc1. The largest absolute Gasteiger partial charge is 0.472 e. The lowest BCUT2D eigenvalue weighted by molar-refractivity contribution is 0.568. The minimum absolute atomic E-state index is 0.608. The van der Waals surface area contributed by atoms with E-state index in [1.54, 1.807) is 12.5 Å². The maximum Gasteiger partial charge on any atom is 0.227 e. The summed E-state index contributed by atoms with van der Waals surface area (Å²) in [6, 6.07) is 37.3. The zero-order valence-corrected chi connectivity index (χ0v) is 20.8. The number of rotatable bonds is 4. The van der Waals surface area contributed by atoms with Crippen LogP contribution >= 0.6 is 0 Å². The van der Waals surface area contributed by atoms with Gasteiger partial charge in [-0.15, -0.1) is 0 Å². The Morgan fingerprint density at radius 1 is 0.615 bits per heavy atom. The quantitative estimate of drug-likeness (QED) is 0.241. The molecular formula is C34H21N3O2. The van der Waals surface area contributed by atoms with Crippen molar-refractivity contribution in [2.45, 2.75) is 0 Å². The highest BCUT2D eigenvalue weighted by Gasteiger charge is 2.17. The van der Waals surface area contributed by atoms with E-state index in [1.807, 2.05) is 54.7 Å². The van der Waals surface area contributed by atoms with E-state index in [1.165, 1.54) is 5.39 Å². The van der Waals surface area contributed by atoms with Crippen LogP contribution in [-0.4, -0.2) is 14.5 Å². The normalized spacial score (nSPS) is 11.6. The molecule has 0 saturated heterocycles. The molecule has 0 amide bonds. The monoisotopic (exact) mass is 503 g/mol. The van der Waals surface area contributed by atoms with Gasteiger partial charge in [-0.25, -0.2) is 4.98 Å². The first-order chi connectivity index (χ1) is 19.3. The lowest BCUT2D eigenvalue weighted by Gasteiger charge is -2.11. The molecule has 5 nitrogen and oxygen atoms in total. The summed E-state index contributed by atoms with van der Waals surface area (Å²) >= 11 is 0. The molecule has 39 heavy (non-hydrogen) atoms. The number of hydrogen-bond acceptors (Lipinski definition) is 4. The third-order valence-electron chi connectivity index (χ3n) is 7.23. The number of pyridine rings is 1. The number of hydrogen-bond donors (Lipinski definition) is 0. The molecule has 0 bridgehead atoms. The molecule has 0 aliphatic carbocycles. The highest BCUT2D eigenvalue weighted by molar-refractivity contribution is 6.11. The smallest absolute Gasteiger partial charge is 0.227 e. The molecule has 0 spiro atoms. The van der Waals surface area contributed by atoms with Gasteiger partial charge in [-0.1, -0.05) is 48.5 Å². The van der Waals surface area contributed by atoms with Crippen LogP contribution in [-0.2, 0) is 0 Å². The van der Waals surface area contributed by atoms with Crippen molar-refractivity contribution in [3.05, 3.63) is 128 Å². The molecule has 0 saturated carbocycles. The van der Waals surface area contributed by atoms with Gasteiger partial charge in [-0.2, -0.15) is 0 Å². The molecule has 4 aromatic carbocycles. The van der Waals surface area contributed by atoms with Gasteiger partial charge >= 0.3 is 0 Å². The Morgan fingerprint density at radius 2 is 1.44 bits per heavy atom. The van der Waals surface area contributed by atoms with Crippen LogP contribution in [0.1, 0.15) is 0 Å². The van der Waals surface area contributed by atoms with Gasteiger partial charge < -0.3 is 13.4 Å². The average Bonchev–Trinajstić information content (AvgIpc) is 3.75. The summed E-state index contributed by atoms with van der Waals surface area (Å²) in [6.45, 7) is 0. The number of benzene rings is 4. The van der Waals surface area contributed by atoms with Gasteiger partial charge in [0, 0.05) is 39.3 Å². The predicted octanol–water partition coefficient (Wildman–Crippen LogP) is 8.91. The van der Waals surface area contributed by atoms with Crippen molar-refractivity contribution in [1.82, 2.24) is 14.5 Å². The van der Waals surface area contributed by atoms with Crippen LogP contribution in [0.5, 0.6) is 0 Å². The van der Waals surface area contributed by atoms with Gasteiger partial charge in [0.1, 0.15) is 5.52 Å². The van der Waals surface area contributed by atoms with E-state index in [4.69, 9.17) is 13.8 Å². The number of oxazole rings is 1. The van der Waals surface area contributed by atoms with E-state index in [0.717, 1.165) is 61.2 Å². The van der Waals surface area contributed by atoms with Crippen LogP contribution < -0.4 is 0 Å². The fourth-order valence-corrected chi connectivity index (χ4v) is 5.37. The standard InChI is InChI=1S/C34H21N3O2/c1-2-10-33-30(9-1)36-34(39-33)24-12-14-28-27-13-11-22(25-15-17-38-21-25)19-31(27)37(32(28)20-24)26-7-5-6-23(18-26)29-8-3-4-16-35-29/h1-21H. The van der Waals surface area contributed by atoms with Gasteiger partial charge in [-0.3, -0.25) is 4.98 Å². The second-order valence-electron chi connectivity index (χ2n) is 9.56. The minimum atomic E-state index is 0.608. The van der Waals surface area contributed by atoms with Gasteiger partial charge in [0.25, 0.3) is 0 Å². The molecule has 184 valence electrons. The Bertz CT molecular complexity index is 2090. The summed E-state index contributed by atoms with van der Waals surface area (Å²) in [6.07, 6.45) is 5.31. The first-order valence-corrected chi connectivity index (χ1v) is 12.8. The fraction of sp³-hybridized carbons (Fsp3) is 0. The van der Waals surface area contributed by atoms with E-state index in [9.17, 15) is 0 Å². The third kappa shape index (κ3) is 3.55. The number of furan rings is 1. The molecule has 5 heteroatoms. The first-order valence-electron chi connectivity index (χ1n) is 12.8. The van der Waals surface area contributed by atoms with Crippen molar-refractivity contribution in [3.8, 4) is 39.5 Å². The van der Waals surface area contributed by atoms with Crippen LogP contribution in [0.25, 0.3) is 72.4 Å². The Balaban J connectivity index is 1.40. The number of para-hydroxylation sites is 2. The molecule has 0 atom stereocenters. The Kier molecular flexibility index (Phi) is 4.76. The molecule has 4 aromatic heterocycles. The summed E-state index contributed by atoms with van der Waals surface area (Å²) in [5, 5.41) is 2.33. The molecule has 8 aromatic rings. The van der Waals surface area contributed by atoms with Crippen molar-refractivity contribution in [3.63, 3.8) is 0 Å². The first kappa shape index (κ1) is 21.6. The molecule has 0 aliphatic heterocycles. The zero-order valence-electron chi connectivity index (χ0n) is 20.8. The Hall–Kier alpha value is -5.42. The van der Waals surface area contributed by atoms with E-state index in [-0.39, 0.29) is 0 Å². The maximum absolute atomic E-state index is 6.13. The Labute approximate surface area is 223 Å². The molecule has 0 unspecified atom stereocenters. The topological polar surface area (TPSA) is 57.0 Å². The average molecular weight is 504 g/mol. The van der Waals surface area contributed by atoms with Crippen molar-refractivity contribution < 1.29 is 8.83 Å². The van der Waals surface area contributed by atoms with E-state index >= 15 is 0 Å². The summed E-state index contributed by atoms with van der Waals surface area (Å²) in [5.74, 6) is 0.608. The predicted molar refractivity (Wildman–Crippen MR) is 155 cm³/mol. The maximum atomic E-state index is 6.13. The summed E-state index contributed by atoms with van der Waals surface area (Å²) in [4.78, 5) is 9.33. The number of fused-ring (bicyclic) bond motifs is 4. The van der Waals surface area contributed by atoms with Gasteiger partial charge in [0.05, 0.1) is 29.3 Å². The van der Waals surface area contributed by atoms with Crippen LogP contribution in [0.15, 0.2) is 137 Å². The summed E-state index contributed by atoms with van der Waals surface area (Å²) < 4.78 is 13.8. The van der Waals surface area contributed by atoms with E-state index in [0.29, 0.717) is 5.89 Å². The van der Waals surface area contributed by atoms with E-state index < -0.39 is 0 Å². The molecule has 0 fully saturated rings. The molecule has 0 aliphatic rings. The third-order valence-corrected chi connectivity index (χ3v) is 7.23. The molecule has 0 N–H and O–H groups in total. The number of nitrogens with zero attached hydrogens (tertiary/aromatic N) is 3.